The molecule has 1 unspecified atom stereocenters. The average molecular weight is 388 g/mol. The van der Waals surface area contributed by atoms with Crippen LogP contribution in [0, 0.1) is 6.92 Å². The molecule has 0 aliphatic carbocycles. The highest BCUT2D eigenvalue weighted by atomic mass is 32.2. The van der Waals surface area contributed by atoms with Gasteiger partial charge in [0.1, 0.15) is 12.0 Å². The van der Waals surface area contributed by atoms with Crippen molar-refractivity contribution in [3.8, 4) is 5.75 Å². The second-order valence-electron chi connectivity index (χ2n) is 7.04. The molecule has 2 rings (SSSR count). The Morgan fingerprint density at radius 1 is 1.19 bits per heavy atom. The highest BCUT2D eigenvalue weighted by Gasteiger charge is 2.16. The smallest absolute Gasteiger partial charge is 0.133 e. The lowest BCUT2D eigenvalue weighted by Crippen LogP contribution is -2.25. The zero-order valence-electron chi connectivity index (χ0n) is 17.2. The number of thioether (sulfide) groups is 1. The Balaban J connectivity index is 2.23. The largest absolute Gasteiger partial charge is 0.496 e. The van der Waals surface area contributed by atoms with Crippen LogP contribution in [0.3, 0.4) is 0 Å². The summed E-state index contributed by atoms with van der Waals surface area (Å²) in [5.41, 5.74) is 3.58. The van der Waals surface area contributed by atoms with Crippen LogP contribution in [-0.4, -0.2) is 31.7 Å². The topological polar surface area (TPSA) is 29.5 Å². The van der Waals surface area contributed by atoms with Gasteiger partial charge in [-0.1, -0.05) is 32.8 Å². The van der Waals surface area contributed by atoms with E-state index in [1.54, 1.807) is 18.9 Å². The number of carbonyl (C=O) groups is 1. The molecule has 0 saturated carbocycles. The van der Waals surface area contributed by atoms with Crippen LogP contribution in [-0.2, 0) is 4.79 Å². The van der Waals surface area contributed by atoms with Crippen molar-refractivity contribution in [1.82, 2.24) is 0 Å². The minimum atomic E-state index is 0.0701. The van der Waals surface area contributed by atoms with Crippen molar-refractivity contribution < 1.29 is 9.53 Å². The first-order valence-electron chi connectivity index (χ1n) is 10.1. The molecule has 0 amide bonds. The number of unbranched alkanes of at least 4 members (excludes halogenated alkanes) is 2. The molecule has 0 N–H and O–H groups in total. The summed E-state index contributed by atoms with van der Waals surface area (Å²) in [5, 5.41) is 0.0701. The SMILES string of the molecule is CCCCN(CCCC)c1cc(C)c(/C=C/C2=CCC(C=O)S2)c(OC)c1. The van der Waals surface area contributed by atoms with E-state index in [2.05, 4.69) is 56.0 Å². The maximum absolute atomic E-state index is 10.9. The van der Waals surface area contributed by atoms with Gasteiger partial charge in [-0.2, -0.15) is 0 Å². The number of ether oxygens (including phenoxy) is 1. The van der Waals surface area contributed by atoms with Gasteiger partial charge in [0.05, 0.1) is 12.4 Å². The molecule has 4 heteroatoms. The third-order valence-electron chi connectivity index (χ3n) is 4.89. The fourth-order valence-electron chi connectivity index (χ4n) is 3.24. The molecule has 1 heterocycles. The number of hydrogen-bond acceptors (Lipinski definition) is 4. The van der Waals surface area contributed by atoms with Crippen molar-refractivity contribution in [2.45, 2.75) is 58.1 Å². The third-order valence-corrected chi connectivity index (χ3v) is 6.07. The van der Waals surface area contributed by atoms with E-state index in [0.717, 1.165) is 42.0 Å². The van der Waals surface area contributed by atoms with Crippen LogP contribution in [0.1, 0.15) is 57.1 Å². The van der Waals surface area contributed by atoms with Gasteiger partial charge in [-0.05, 0) is 50.0 Å². The van der Waals surface area contributed by atoms with Gasteiger partial charge in [0.15, 0.2) is 0 Å². The number of methoxy groups -OCH3 is 1. The van der Waals surface area contributed by atoms with Crippen molar-refractivity contribution in [2.75, 3.05) is 25.1 Å². The van der Waals surface area contributed by atoms with E-state index >= 15 is 0 Å². The number of rotatable bonds is 11. The highest BCUT2D eigenvalue weighted by molar-refractivity contribution is 8.04. The number of allylic oxidation sites excluding steroid dienone is 2. The molecule has 0 radical (unpaired) electrons. The molecule has 0 spiro atoms. The van der Waals surface area contributed by atoms with Gasteiger partial charge in [-0.15, -0.1) is 11.8 Å². The zero-order valence-corrected chi connectivity index (χ0v) is 18.0. The van der Waals surface area contributed by atoms with E-state index < -0.39 is 0 Å². The van der Waals surface area contributed by atoms with Crippen LogP contribution in [0.5, 0.6) is 5.75 Å². The van der Waals surface area contributed by atoms with E-state index in [0.29, 0.717) is 0 Å². The molecule has 0 bridgehead atoms. The van der Waals surface area contributed by atoms with Gasteiger partial charge in [0.2, 0.25) is 0 Å². The first kappa shape index (κ1) is 21.6. The average Bonchev–Trinajstić information content (AvgIpc) is 3.14. The lowest BCUT2D eigenvalue weighted by molar-refractivity contribution is -0.107. The van der Waals surface area contributed by atoms with Gasteiger partial charge in [-0.3, -0.25) is 0 Å². The van der Waals surface area contributed by atoms with E-state index in [1.807, 2.05) is 0 Å². The second kappa shape index (κ2) is 11.2. The quantitative estimate of drug-likeness (QED) is 0.435. The van der Waals surface area contributed by atoms with Crippen LogP contribution in [0.2, 0.25) is 0 Å². The Morgan fingerprint density at radius 2 is 1.89 bits per heavy atom. The van der Waals surface area contributed by atoms with Crippen molar-refractivity contribution in [3.05, 3.63) is 40.3 Å². The Labute approximate surface area is 168 Å². The molecular weight excluding hydrogens is 354 g/mol. The molecule has 1 aromatic rings. The maximum atomic E-state index is 10.9. The molecule has 1 aliphatic heterocycles. The summed E-state index contributed by atoms with van der Waals surface area (Å²) in [7, 11) is 1.74. The standard InChI is InChI=1S/C23H33NO2S/c1-5-7-13-24(14-8-6-2)19-15-18(3)22(23(16-19)26-4)12-11-20-9-10-21(17-25)27-20/h9,11-12,15-17,21H,5-8,10,13-14H2,1-4H3/b12-11+. The number of nitrogens with zero attached hydrogens (tertiary/aromatic N) is 1. The minimum Gasteiger partial charge on any atom is -0.496 e. The molecule has 0 fully saturated rings. The Bertz CT molecular complexity index is 673. The summed E-state index contributed by atoms with van der Waals surface area (Å²) < 4.78 is 5.72. The van der Waals surface area contributed by atoms with Crippen LogP contribution in [0.15, 0.2) is 29.2 Å². The summed E-state index contributed by atoms with van der Waals surface area (Å²) in [6.07, 6.45) is 13.0. The van der Waals surface area contributed by atoms with Crippen LogP contribution in [0.4, 0.5) is 5.69 Å². The fourth-order valence-corrected chi connectivity index (χ4v) is 4.18. The van der Waals surface area contributed by atoms with E-state index in [9.17, 15) is 4.79 Å². The monoisotopic (exact) mass is 387 g/mol. The van der Waals surface area contributed by atoms with Crippen LogP contribution >= 0.6 is 11.8 Å². The molecule has 27 heavy (non-hydrogen) atoms. The maximum Gasteiger partial charge on any atom is 0.133 e. The number of aryl methyl sites for hydroxylation is 1. The summed E-state index contributed by atoms with van der Waals surface area (Å²) >= 11 is 1.63. The number of aldehydes is 1. The molecule has 0 saturated heterocycles. The normalized spacial score (nSPS) is 16.6. The molecule has 1 atom stereocenters. The number of anilines is 1. The molecule has 1 aliphatic rings. The van der Waals surface area contributed by atoms with Gasteiger partial charge >= 0.3 is 0 Å². The van der Waals surface area contributed by atoms with E-state index in [-0.39, 0.29) is 5.25 Å². The predicted octanol–water partition coefficient (Wildman–Crippen LogP) is 6.01. The fraction of sp³-hybridized carbons (Fsp3) is 0.522. The summed E-state index contributed by atoms with van der Waals surface area (Å²) in [6, 6.07) is 4.44. The number of benzene rings is 1. The Kier molecular flexibility index (Phi) is 8.99. The van der Waals surface area contributed by atoms with Gasteiger partial charge in [0.25, 0.3) is 0 Å². The van der Waals surface area contributed by atoms with E-state index in [1.165, 1.54) is 36.9 Å². The van der Waals surface area contributed by atoms with Gasteiger partial charge < -0.3 is 14.4 Å². The Hall–Kier alpha value is -1.68. The Morgan fingerprint density at radius 3 is 2.44 bits per heavy atom. The van der Waals surface area contributed by atoms with Gasteiger partial charge in [0, 0.05) is 35.3 Å². The predicted molar refractivity (Wildman–Crippen MR) is 119 cm³/mol. The molecule has 148 valence electrons. The van der Waals surface area contributed by atoms with Crippen molar-refractivity contribution >= 4 is 29.8 Å². The second-order valence-corrected chi connectivity index (χ2v) is 8.35. The molecule has 3 nitrogen and oxygen atoms in total. The number of carbonyl (C=O) groups excluding carboxylic acids is 1. The van der Waals surface area contributed by atoms with Crippen molar-refractivity contribution in [2.24, 2.45) is 0 Å². The number of hydrogen-bond donors (Lipinski definition) is 0. The van der Waals surface area contributed by atoms with Crippen LogP contribution in [0.25, 0.3) is 6.08 Å². The van der Waals surface area contributed by atoms with Gasteiger partial charge in [-0.25, -0.2) is 0 Å². The highest BCUT2D eigenvalue weighted by Crippen LogP contribution is 2.35. The van der Waals surface area contributed by atoms with Crippen molar-refractivity contribution in [1.29, 1.82) is 0 Å². The molecular formula is C23H33NO2S. The summed E-state index contributed by atoms with van der Waals surface area (Å²) in [6.45, 7) is 8.80. The zero-order chi connectivity index (χ0) is 19.6. The third kappa shape index (κ3) is 6.17. The molecule has 1 aromatic carbocycles. The first-order valence-corrected chi connectivity index (χ1v) is 10.9. The lowest BCUT2D eigenvalue weighted by atomic mass is 10.0. The summed E-state index contributed by atoms with van der Waals surface area (Å²) in [5.74, 6) is 0.912. The molecule has 0 aromatic heterocycles. The first-order chi connectivity index (χ1) is 13.1. The van der Waals surface area contributed by atoms with E-state index in [4.69, 9.17) is 4.74 Å². The summed E-state index contributed by atoms with van der Waals surface area (Å²) in [4.78, 5) is 14.6. The van der Waals surface area contributed by atoms with Crippen LogP contribution < -0.4 is 9.64 Å². The van der Waals surface area contributed by atoms with Crippen molar-refractivity contribution in [3.63, 3.8) is 0 Å². The lowest BCUT2D eigenvalue weighted by Gasteiger charge is -2.26. The minimum absolute atomic E-state index is 0.0701.